The number of hydrogen-bond donors (Lipinski definition) is 1. The smallest absolute Gasteiger partial charge is 0.187 e. The zero-order chi connectivity index (χ0) is 16.5. The zero-order valence-corrected chi connectivity index (χ0v) is 14.5. The molecular formula is C20H23NOS. The summed E-state index contributed by atoms with van der Waals surface area (Å²) in [6, 6.07) is 19.4. The van der Waals surface area contributed by atoms with Crippen molar-refractivity contribution >= 4 is 23.2 Å². The SMILES string of the molecule is CC(C)SCCN/C(=C\C(=O)c1ccccc1)c1ccccc1. The van der Waals surface area contributed by atoms with Crippen molar-refractivity contribution in [3.05, 3.63) is 77.9 Å². The highest BCUT2D eigenvalue weighted by Crippen LogP contribution is 2.14. The van der Waals surface area contributed by atoms with Crippen LogP contribution in [0.1, 0.15) is 29.8 Å². The lowest BCUT2D eigenvalue weighted by Crippen LogP contribution is -2.17. The fourth-order valence-corrected chi connectivity index (χ4v) is 2.84. The fraction of sp³-hybridized carbons (Fsp3) is 0.250. The van der Waals surface area contributed by atoms with Crippen LogP contribution in [0.25, 0.3) is 5.70 Å². The maximum atomic E-state index is 12.4. The molecule has 0 radical (unpaired) electrons. The van der Waals surface area contributed by atoms with Gasteiger partial charge in [0, 0.05) is 29.6 Å². The van der Waals surface area contributed by atoms with Gasteiger partial charge in [-0.3, -0.25) is 4.79 Å². The lowest BCUT2D eigenvalue weighted by Gasteiger charge is -2.12. The van der Waals surface area contributed by atoms with Crippen LogP contribution in [0.3, 0.4) is 0 Å². The number of hydrogen-bond acceptors (Lipinski definition) is 3. The number of ketones is 1. The van der Waals surface area contributed by atoms with Gasteiger partial charge in [-0.25, -0.2) is 0 Å². The Balaban J connectivity index is 2.13. The van der Waals surface area contributed by atoms with E-state index < -0.39 is 0 Å². The molecular weight excluding hydrogens is 302 g/mol. The predicted octanol–water partition coefficient (Wildman–Crippen LogP) is 4.64. The Morgan fingerprint density at radius 1 is 1.00 bits per heavy atom. The Kier molecular flexibility index (Phi) is 6.95. The van der Waals surface area contributed by atoms with Crippen molar-refractivity contribution in [1.29, 1.82) is 0 Å². The van der Waals surface area contributed by atoms with E-state index in [1.54, 1.807) is 6.08 Å². The second-order valence-corrected chi connectivity index (χ2v) is 7.19. The summed E-state index contributed by atoms with van der Waals surface area (Å²) < 4.78 is 0. The summed E-state index contributed by atoms with van der Waals surface area (Å²) in [5, 5.41) is 4.03. The van der Waals surface area contributed by atoms with Crippen LogP contribution in [0.15, 0.2) is 66.7 Å². The molecule has 1 N–H and O–H groups in total. The summed E-state index contributed by atoms with van der Waals surface area (Å²) in [6.07, 6.45) is 1.70. The molecule has 2 rings (SSSR count). The first kappa shape index (κ1) is 17.4. The average molecular weight is 325 g/mol. The number of nitrogens with one attached hydrogen (secondary N) is 1. The van der Waals surface area contributed by atoms with Crippen LogP contribution in [0, 0.1) is 0 Å². The number of thioether (sulfide) groups is 1. The van der Waals surface area contributed by atoms with E-state index in [4.69, 9.17) is 0 Å². The number of carbonyl (C=O) groups excluding carboxylic acids is 1. The molecule has 0 aliphatic rings. The van der Waals surface area contributed by atoms with Crippen molar-refractivity contribution in [1.82, 2.24) is 5.32 Å². The van der Waals surface area contributed by atoms with Gasteiger partial charge in [0.05, 0.1) is 0 Å². The molecule has 0 spiro atoms. The van der Waals surface area contributed by atoms with E-state index in [0.29, 0.717) is 10.8 Å². The highest BCUT2D eigenvalue weighted by Gasteiger charge is 2.07. The molecule has 0 unspecified atom stereocenters. The van der Waals surface area contributed by atoms with Crippen molar-refractivity contribution in [2.24, 2.45) is 0 Å². The van der Waals surface area contributed by atoms with Crippen molar-refractivity contribution in [3.8, 4) is 0 Å². The standard InChI is InChI=1S/C20H23NOS/c1-16(2)23-14-13-21-19(17-9-5-3-6-10-17)15-20(22)18-11-7-4-8-12-18/h3-12,15-16,21H,13-14H2,1-2H3/b19-15-. The van der Waals surface area contributed by atoms with Gasteiger partial charge >= 0.3 is 0 Å². The summed E-state index contributed by atoms with van der Waals surface area (Å²) in [4.78, 5) is 12.4. The van der Waals surface area contributed by atoms with Gasteiger partial charge in [0.2, 0.25) is 0 Å². The second-order valence-electron chi connectivity index (χ2n) is 5.50. The molecule has 0 aliphatic heterocycles. The Labute approximate surface area is 143 Å². The van der Waals surface area contributed by atoms with Crippen LogP contribution >= 0.6 is 11.8 Å². The summed E-state index contributed by atoms with van der Waals surface area (Å²) in [5.41, 5.74) is 2.62. The summed E-state index contributed by atoms with van der Waals surface area (Å²) in [7, 11) is 0. The van der Waals surface area contributed by atoms with Crippen LogP contribution in [0.5, 0.6) is 0 Å². The van der Waals surface area contributed by atoms with E-state index >= 15 is 0 Å². The van der Waals surface area contributed by atoms with E-state index in [2.05, 4.69) is 19.2 Å². The van der Waals surface area contributed by atoms with Crippen LogP contribution < -0.4 is 5.32 Å². The van der Waals surface area contributed by atoms with Crippen LogP contribution in [0.2, 0.25) is 0 Å². The van der Waals surface area contributed by atoms with Crippen molar-refractivity contribution in [2.45, 2.75) is 19.1 Å². The van der Waals surface area contributed by atoms with E-state index in [-0.39, 0.29) is 5.78 Å². The van der Waals surface area contributed by atoms with Crippen LogP contribution in [-0.2, 0) is 0 Å². The Bertz CT molecular complexity index is 635. The van der Waals surface area contributed by atoms with Gasteiger partial charge in [-0.2, -0.15) is 11.8 Å². The third-order valence-corrected chi connectivity index (χ3v) is 4.39. The molecule has 0 bridgehead atoms. The molecule has 2 aromatic rings. The first-order valence-electron chi connectivity index (χ1n) is 7.89. The lowest BCUT2D eigenvalue weighted by molar-refractivity contribution is 0.104. The first-order chi connectivity index (χ1) is 11.2. The van der Waals surface area contributed by atoms with E-state index in [9.17, 15) is 4.79 Å². The van der Waals surface area contributed by atoms with Gasteiger partial charge in [0.1, 0.15) is 0 Å². The van der Waals surface area contributed by atoms with Crippen molar-refractivity contribution in [3.63, 3.8) is 0 Å². The minimum absolute atomic E-state index is 0.0217. The molecule has 0 aliphatic carbocycles. The zero-order valence-electron chi connectivity index (χ0n) is 13.7. The maximum Gasteiger partial charge on any atom is 0.187 e. The molecule has 0 heterocycles. The summed E-state index contributed by atoms with van der Waals surface area (Å²) in [6.45, 7) is 5.22. The minimum atomic E-state index is 0.0217. The molecule has 2 aromatic carbocycles. The largest absolute Gasteiger partial charge is 0.384 e. The molecule has 0 saturated heterocycles. The summed E-state index contributed by atoms with van der Waals surface area (Å²) >= 11 is 1.91. The third-order valence-electron chi connectivity index (χ3n) is 3.29. The van der Waals surface area contributed by atoms with Gasteiger partial charge in [0.15, 0.2) is 5.78 Å². The molecule has 0 saturated carbocycles. The number of benzene rings is 2. The molecule has 3 heteroatoms. The highest BCUT2D eigenvalue weighted by atomic mass is 32.2. The molecule has 2 nitrogen and oxygen atoms in total. The minimum Gasteiger partial charge on any atom is -0.384 e. The fourth-order valence-electron chi connectivity index (χ4n) is 2.15. The van der Waals surface area contributed by atoms with Crippen molar-refractivity contribution < 1.29 is 4.79 Å². The van der Waals surface area contributed by atoms with Gasteiger partial charge in [-0.1, -0.05) is 74.5 Å². The van der Waals surface area contributed by atoms with E-state index in [1.165, 1.54) is 0 Å². The van der Waals surface area contributed by atoms with Crippen LogP contribution in [0.4, 0.5) is 0 Å². The Morgan fingerprint density at radius 2 is 1.57 bits per heavy atom. The molecule has 0 aromatic heterocycles. The number of allylic oxidation sites excluding steroid dienone is 1. The highest BCUT2D eigenvalue weighted by molar-refractivity contribution is 7.99. The van der Waals surface area contributed by atoms with Gasteiger partial charge < -0.3 is 5.32 Å². The topological polar surface area (TPSA) is 29.1 Å². The van der Waals surface area contributed by atoms with E-state index in [1.807, 2.05) is 72.4 Å². The molecule has 120 valence electrons. The number of carbonyl (C=O) groups is 1. The maximum absolute atomic E-state index is 12.4. The Hall–Kier alpha value is -2.00. The normalized spacial score (nSPS) is 11.5. The van der Waals surface area contributed by atoms with Crippen molar-refractivity contribution in [2.75, 3.05) is 12.3 Å². The first-order valence-corrected chi connectivity index (χ1v) is 8.93. The predicted molar refractivity (Wildman–Crippen MR) is 101 cm³/mol. The lowest BCUT2D eigenvalue weighted by atomic mass is 10.1. The van der Waals surface area contributed by atoms with Crippen LogP contribution in [-0.4, -0.2) is 23.3 Å². The number of rotatable bonds is 8. The second kappa shape index (κ2) is 9.21. The van der Waals surface area contributed by atoms with E-state index in [0.717, 1.165) is 23.6 Å². The summed E-state index contributed by atoms with van der Waals surface area (Å²) in [5.74, 6) is 1.04. The third kappa shape index (κ3) is 5.95. The molecule has 0 atom stereocenters. The molecule has 0 fully saturated rings. The average Bonchev–Trinajstić information content (AvgIpc) is 2.58. The monoisotopic (exact) mass is 325 g/mol. The van der Waals surface area contributed by atoms with Gasteiger partial charge in [-0.05, 0) is 10.8 Å². The van der Waals surface area contributed by atoms with Gasteiger partial charge in [-0.15, -0.1) is 0 Å². The molecule has 0 amide bonds. The van der Waals surface area contributed by atoms with Gasteiger partial charge in [0.25, 0.3) is 0 Å². The Morgan fingerprint density at radius 3 is 2.13 bits per heavy atom. The quantitative estimate of drug-likeness (QED) is 0.435. The molecule has 23 heavy (non-hydrogen) atoms.